The highest BCUT2D eigenvalue weighted by Crippen LogP contribution is 2.57. The number of anilines is 1. The molecule has 0 N–H and O–H groups in total. The molecule has 8 nitrogen and oxygen atoms in total. The van der Waals surface area contributed by atoms with Gasteiger partial charge in [0.05, 0.1) is 12.0 Å². The van der Waals surface area contributed by atoms with Gasteiger partial charge in [-0.25, -0.2) is 0 Å². The minimum atomic E-state index is -0.0911. The Morgan fingerprint density at radius 3 is 2.66 bits per heavy atom. The van der Waals surface area contributed by atoms with Crippen molar-refractivity contribution >= 4 is 17.5 Å². The van der Waals surface area contributed by atoms with Gasteiger partial charge in [-0.3, -0.25) is 14.3 Å². The van der Waals surface area contributed by atoms with E-state index in [2.05, 4.69) is 43.0 Å². The van der Waals surface area contributed by atoms with E-state index in [9.17, 15) is 14.9 Å². The summed E-state index contributed by atoms with van der Waals surface area (Å²) in [5, 5.41) is 13.9. The van der Waals surface area contributed by atoms with Crippen molar-refractivity contribution in [2.45, 2.75) is 45.6 Å². The molecule has 1 aromatic heterocycles. The maximum absolute atomic E-state index is 13.3. The monoisotopic (exact) mass is 472 g/mol. The van der Waals surface area contributed by atoms with Crippen LogP contribution in [0.1, 0.15) is 51.6 Å². The third kappa shape index (κ3) is 3.78. The van der Waals surface area contributed by atoms with E-state index in [1.165, 1.54) is 16.8 Å². The Kier molecular flexibility index (Phi) is 5.32. The lowest BCUT2D eigenvalue weighted by Gasteiger charge is -2.37. The molecule has 3 fully saturated rings. The van der Waals surface area contributed by atoms with E-state index in [1.807, 2.05) is 9.58 Å². The van der Waals surface area contributed by atoms with Gasteiger partial charge in [-0.15, -0.1) is 0 Å². The van der Waals surface area contributed by atoms with Crippen molar-refractivity contribution in [1.29, 1.82) is 5.26 Å². The smallest absolute Gasteiger partial charge is 0.274 e. The third-order valence-corrected chi connectivity index (χ3v) is 8.54. The highest BCUT2D eigenvalue weighted by molar-refractivity contribution is 5.95. The van der Waals surface area contributed by atoms with Crippen molar-refractivity contribution in [3.63, 3.8) is 0 Å². The zero-order valence-corrected chi connectivity index (χ0v) is 20.5. The summed E-state index contributed by atoms with van der Waals surface area (Å²) < 4.78 is 1.81. The summed E-state index contributed by atoms with van der Waals surface area (Å²) in [5.74, 6) is 0.929. The van der Waals surface area contributed by atoms with Crippen molar-refractivity contribution < 1.29 is 9.59 Å². The topological polar surface area (TPSA) is 85.5 Å². The normalized spacial score (nSPS) is 24.8. The molecule has 2 saturated heterocycles. The van der Waals surface area contributed by atoms with Crippen LogP contribution in [-0.4, -0.2) is 70.7 Å². The Morgan fingerprint density at radius 1 is 1.11 bits per heavy atom. The van der Waals surface area contributed by atoms with Gasteiger partial charge >= 0.3 is 0 Å². The van der Waals surface area contributed by atoms with Crippen molar-refractivity contribution in [3.8, 4) is 6.07 Å². The second-order valence-corrected chi connectivity index (χ2v) is 10.6. The van der Waals surface area contributed by atoms with E-state index < -0.39 is 0 Å². The SMILES string of the molecule is Cc1cccc(N2CCN(C(=O)Cn3nc(C(=O)N4CC[C@@H](C#N)C4)c4c3C[C@H]3C[C@@H]43)CC2)c1C. The fraction of sp³-hybridized carbons (Fsp3) is 0.556. The van der Waals surface area contributed by atoms with E-state index in [0.29, 0.717) is 43.7 Å². The van der Waals surface area contributed by atoms with E-state index in [4.69, 9.17) is 5.10 Å². The first-order valence-electron chi connectivity index (χ1n) is 12.8. The molecule has 2 aliphatic heterocycles. The van der Waals surface area contributed by atoms with Crippen molar-refractivity contribution in [3.05, 3.63) is 46.3 Å². The lowest BCUT2D eigenvalue weighted by atomic mass is 10.1. The van der Waals surface area contributed by atoms with Crippen LogP contribution in [0, 0.1) is 37.0 Å². The number of piperazine rings is 1. The van der Waals surface area contributed by atoms with Gasteiger partial charge in [-0.05, 0) is 62.1 Å². The average Bonchev–Trinajstić information content (AvgIpc) is 3.20. The minimum Gasteiger partial charge on any atom is -0.368 e. The lowest BCUT2D eigenvalue weighted by molar-refractivity contribution is -0.132. The second-order valence-electron chi connectivity index (χ2n) is 10.6. The Morgan fingerprint density at radius 2 is 1.91 bits per heavy atom. The summed E-state index contributed by atoms with van der Waals surface area (Å²) in [5.41, 5.74) is 6.52. The molecule has 182 valence electrons. The van der Waals surface area contributed by atoms with Crippen LogP contribution in [-0.2, 0) is 17.8 Å². The fourth-order valence-electron chi connectivity index (χ4n) is 6.18. The number of carbonyl (C=O) groups excluding carboxylic acids is 2. The predicted octanol–water partition coefficient (Wildman–Crippen LogP) is 2.49. The van der Waals surface area contributed by atoms with Gasteiger partial charge in [-0.2, -0.15) is 10.4 Å². The first-order valence-corrected chi connectivity index (χ1v) is 12.8. The summed E-state index contributed by atoms with van der Waals surface area (Å²) in [6.07, 6.45) is 2.76. The number of benzene rings is 1. The molecule has 2 aromatic rings. The van der Waals surface area contributed by atoms with E-state index in [0.717, 1.165) is 43.6 Å². The zero-order chi connectivity index (χ0) is 24.3. The van der Waals surface area contributed by atoms with E-state index in [-0.39, 0.29) is 24.3 Å². The Bertz CT molecular complexity index is 1240. The highest BCUT2D eigenvalue weighted by atomic mass is 16.2. The average molecular weight is 473 g/mol. The highest BCUT2D eigenvalue weighted by Gasteiger charge is 2.50. The molecule has 3 atom stereocenters. The minimum absolute atomic E-state index is 0.0695. The number of hydrogen-bond acceptors (Lipinski definition) is 5. The molecule has 1 saturated carbocycles. The fourth-order valence-corrected chi connectivity index (χ4v) is 6.18. The lowest BCUT2D eigenvalue weighted by Crippen LogP contribution is -2.50. The molecule has 6 rings (SSSR count). The third-order valence-electron chi connectivity index (χ3n) is 8.54. The van der Waals surface area contributed by atoms with Crippen molar-refractivity contribution in [2.24, 2.45) is 11.8 Å². The standard InChI is InChI=1S/C27H32N6O2/c1-17-4-3-5-22(18(17)2)30-8-10-31(11-9-30)24(34)16-33-23-13-20-12-21(20)25(23)26(29-33)27(35)32-7-6-19(14-28)15-32/h3-5,19-21H,6-13,15-16H2,1-2H3/t19-,20+,21+/m0/s1. The molecular formula is C27H32N6O2. The van der Waals surface area contributed by atoms with Crippen LogP contribution in [0.4, 0.5) is 5.69 Å². The molecule has 2 aliphatic carbocycles. The zero-order valence-electron chi connectivity index (χ0n) is 20.5. The number of aryl methyl sites for hydroxylation is 1. The van der Waals surface area contributed by atoms with Gasteiger partial charge in [0.25, 0.3) is 5.91 Å². The first kappa shape index (κ1) is 22.1. The molecule has 8 heteroatoms. The quantitative estimate of drug-likeness (QED) is 0.683. The maximum atomic E-state index is 13.3. The van der Waals surface area contributed by atoms with Gasteiger partial charge in [0.15, 0.2) is 5.69 Å². The number of amides is 2. The predicted molar refractivity (Wildman–Crippen MR) is 131 cm³/mol. The Hall–Kier alpha value is -3.34. The number of carbonyl (C=O) groups is 2. The van der Waals surface area contributed by atoms with Crippen molar-refractivity contribution in [1.82, 2.24) is 19.6 Å². The first-order chi connectivity index (χ1) is 16.9. The molecule has 0 radical (unpaired) electrons. The molecule has 0 bridgehead atoms. The molecular weight excluding hydrogens is 440 g/mol. The van der Waals surface area contributed by atoms with E-state index in [1.54, 1.807) is 4.90 Å². The number of hydrogen-bond donors (Lipinski definition) is 0. The number of likely N-dealkylation sites (tertiary alicyclic amines) is 1. The molecule has 4 aliphatic rings. The molecule has 35 heavy (non-hydrogen) atoms. The van der Waals surface area contributed by atoms with Crippen LogP contribution in [0.5, 0.6) is 0 Å². The number of rotatable bonds is 4. The summed E-state index contributed by atoms with van der Waals surface area (Å²) in [6.45, 7) is 8.59. The molecule has 1 aromatic carbocycles. The Balaban J connectivity index is 1.15. The van der Waals surface area contributed by atoms with Crippen LogP contribution in [0.15, 0.2) is 18.2 Å². The van der Waals surface area contributed by atoms with Gasteiger partial charge in [0.2, 0.25) is 5.91 Å². The van der Waals surface area contributed by atoms with Gasteiger partial charge in [0, 0.05) is 56.2 Å². The van der Waals surface area contributed by atoms with Crippen LogP contribution < -0.4 is 4.90 Å². The molecule has 0 spiro atoms. The molecule has 2 amide bonds. The largest absolute Gasteiger partial charge is 0.368 e. The van der Waals surface area contributed by atoms with Crippen LogP contribution in [0.25, 0.3) is 0 Å². The van der Waals surface area contributed by atoms with Gasteiger partial charge in [-0.1, -0.05) is 12.1 Å². The maximum Gasteiger partial charge on any atom is 0.274 e. The number of aromatic nitrogens is 2. The summed E-state index contributed by atoms with van der Waals surface area (Å²) >= 11 is 0. The van der Waals surface area contributed by atoms with Crippen LogP contribution >= 0.6 is 0 Å². The summed E-state index contributed by atoms with van der Waals surface area (Å²) in [6, 6.07) is 8.68. The number of fused-ring (bicyclic) bond motifs is 3. The van der Waals surface area contributed by atoms with Gasteiger partial charge < -0.3 is 14.7 Å². The number of nitriles is 1. The van der Waals surface area contributed by atoms with Crippen LogP contribution in [0.2, 0.25) is 0 Å². The Labute approximate surface area is 206 Å². The van der Waals surface area contributed by atoms with Gasteiger partial charge in [0.1, 0.15) is 6.54 Å². The van der Waals surface area contributed by atoms with Crippen molar-refractivity contribution in [2.75, 3.05) is 44.2 Å². The number of nitrogens with zero attached hydrogens (tertiary/aromatic N) is 6. The summed E-state index contributed by atoms with van der Waals surface area (Å²) in [4.78, 5) is 32.6. The van der Waals surface area contributed by atoms with Crippen LogP contribution in [0.3, 0.4) is 0 Å². The molecule has 3 heterocycles. The molecule has 0 unspecified atom stereocenters. The van der Waals surface area contributed by atoms with E-state index >= 15 is 0 Å². The second kappa shape index (κ2) is 8.40. The summed E-state index contributed by atoms with van der Waals surface area (Å²) in [7, 11) is 0.